The lowest BCUT2D eigenvalue weighted by Crippen LogP contribution is -2.22. The summed E-state index contributed by atoms with van der Waals surface area (Å²) in [6.45, 7) is 4.24. The molecule has 0 aliphatic heterocycles. The standard InChI is InChI=1S/C15H21N3O2/c1-4-20-10-9-18(2)15-11-13(16-17-15)12-7-5-6-8-14(12)19-3/h5-8,11H,4,9-10H2,1-3H3,(H,16,17). The molecule has 1 heterocycles. The number of ether oxygens (including phenoxy) is 2. The Morgan fingerprint density at radius 1 is 1.30 bits per heavy atom. The molecule has 1 aromatic heterocycles. The van der Waals surface area contributed by atoms with Gasteiger partial charge in [-0.3, -0.25) is 5.10 Å². The van der Waals surface area contributed by atoms with Crippen molar-refractivity contribution in [2.45, 2.75) is 6.92 Å². The molecule has 0 radical (unpaired) electrons. The van der Waals surface area contributed by atoms with Gasteiger partial charge in [0.2, 0.25) is 0 Å². The van der Waals surface area contributed by atoms with E-state index in [0.29, 0.717) is 6.61 Å². The summed E-state index contributed by atoms with van der Waals surface area (Å²) in [6, 6.07) is 9.90. The second-order valence-corrected chi connectivity index (χ2v) is 4.46. The van der Waals surface area contributed by atoms with E-state index in [1.807, 2.05) is 44.3 Å². The quantitative estimate of drug-likeness (QED) is 0.789. The first-order chi connectivity index (χ1) is 9.76. The van der Waals surface area contributed by atoms with Gasteiger partial charge < -0.3 is 14.4 Å². The molecule has 0 aliphatic rings. The van der Waals surface area contributed by atoms with Crippen molar-refractivity contribution in [3.63, 3.8) is 0 Å². The third-order valence-electron chi connectivity index (χ3n) is 3.13. The Kier molecular flexibility index (Phi) is 5.01. The fourth-order valence-electron chi connectivity index (χ4n) is 1.97. The van der Waals surface area contributed by atoms with Crippen LogP contribution in [0.15, 0.2) is 30.3 Å². The van der Waals surface area contributed by atoms with Gasteiger partial charge in [0.25, 0.3) is 0 Å². The maximum Gasteiger partial charge on any atom is 0.150 e. The highest BCUT2D eigenvalue weighted by Crippen LogP contribution is 2.29. The molecule has 2 aromatic rings. The van der Waals surface area contributed by atoms with Crippen LogP contribution in [0.1, 0.15) is 6.92 Å². The molecule has 0 amide bonds. The highest BCUT2D eigenvalue weighted by atomic mass is 16.5. The number of H-pyrrole nitrogens is 1. The van der Waals surface area contributed by atoms with E-state index in [-0.39, 0.29) is 0 Å². The maximum absolute atomic E-state index is 5.37. The molecule has 2 rings (SSSR count). The summed E-state index contributed by atoms with van der Waals surface area (Å²) in [4.78, 5) is 2.06. The minimum absolute atomic E-state index is 0.698. The molecule has 0 spiro atoms. The number of anilines is 1. The molecular formula is C15H21N3O2. The zero-order valence-corrected chi connectivity index (χ0v) is 12.2. The number of aromatic amines is 1. The van der Waals surface area contributed by atoms with Crippen molar-refractivity contribution in [3.05, 3.63) is 30.3 Å². The molecule has 5 heteroatoms. The van der Waals surface area contributed by atoms with Gasteiger partial charge in [0.1, 0.15) is 5.75 Å². The van der Waals surface area contributed by atoms with Crippen molar-refractivity contribution in [2.24, 2.45) is 0 Å². The Hall–Kier alpha value is -2.01. The zero-order valence-electron chi connectivity index (χ0n) is 12.2. The molecule has 5 nitrogen and oxygen atoms in total. The molecule has 0 saturated heterocycles. The number of aromatic nitrogens is 2. The van der Waals surface area contributed by atoms with Crippen LogP contribution in [0.25, 0.3) is 11.3 Å². The smallest absolute Gasteiger partial charge is 0.150 e. The van der Waals surface area contributed by atoms with Crippen molar-refractivity contribution >= 4 is 5.82 Å². The van der Waals surface area contributed by atoms with E-state index in [1.165, 1.54) is 0 Å². The number of benzene rings is 1. The topological polar surface area (TPSA) is 50.4 Å². The number of likely N-dealkylation sites (N-methyl/N-ethyl adjacent to an activating group) is 1. The van der Waals surface area contributed by atoms with Crippen molar-refractivity contribution < 1.29 is 9.47 Å². The molecule has 1 N–H and O–H groups in total. The predicted molar refractivity (Wildman–Crippen MR) is 80.3 cm³/mol. The van der Waals surface area contributed by atoms with Crippen molar-refractivity contribution in [3.8, 4) is 17.0 Å². The number of rotatable bonds is 7. The van der Waals surface area contributed by atoms with E-state index in [9.17, 15) is 0 Å². The normalized spacial score (nSPS) is 10.6. The first kappa shape index (κ1) is 14.4. The van der Waals surface area contributed by atoms with Gasteiger partial charge in [-0.25, -0.2) is 0 Å². The van der Waals surface area contributed by atoms with Crippen LogP contribution in [-0.2, 0) is 4.74 Å². The number of methoxy groups -OCH3 is 1. The molecule has 0 unspecified atom stereocenters. The zero-order chi connectivity index (χ0) is 14.4. The number of nitrogens with zero attached hydrogens (tertiary/aromatic N) is 2. The summed E-state index contributed by atoms with van der Waals surface area (Å²) in [5, 5.41) is 7.39. The van der Waals surface area contributed by atoms with Crippen molar-refractivity contribution in [1.82, 2.24) is 10.2 Å². The molecule has 20 heavy (non-hydrogen) atoms. The van der Waals surface area contributed by atoms with Gasteiger partial charge in [0.15, 0.2) is 5.82 Å². The van der Waals surface area contributed by atoms with E-state index < -0.39 is 0 Å². The Bertz CT molecular complexity index is 539. The highest BCUT2D eigenvalue weighted by molar-refractivity contribution is 5.69. The molecule has 0 bridgehead atoms. The lowest BCUT2D eigenvalue weighted by Gasteiger charge is -2.15. The van der Waals surface area contributed by atoms with Gasteiger partial charge in [0, 0.05) is 31.8 Å². The average Bonchev–Trinajstić information content (AvgIpc) is 2.97. The summed E-state index contributed by atoms with van der Waals surface area (Å²) in [5.74, 6) is 1.73. The van der Waals surface area contributed by atoms with Crippen LogP contribution in [0.2, 0.25) is 0 Å². The number of nitrogens with one attached hydrogen (secondary N) is 1. The SMILES string of the molecule is CCOCCN(C)c1cc(-c2ccccc2OC)[nH]n1. The van der Waals surface area contributed by atoms with Crippen molar-refractivity contribution in [1.29, 1.82) is 0 Å². The van der Waals surface area contributed by atoms with Crippen molar-refractivity contribution in [2.75, 3.05) is 38.8 Å². The lowest BCUT2D eigenvalue weighted by molar-refractivity contribution is 0.154. The number of para-hydroxylation sites is 1. The van der Waals surface area contributed by atoms with Crippen LogP contribution in [0, 0.1) is 0 Å². The Morgan fingerprint density at radius 2 is 2.10 bits per heavy atom. The largest absolute Gasteiger partial charge is 0.496 e. The van der Waals surface area contributed by atoms with Gasteiger partial charge in [0.05, 0.1) is 19.4 Å². The van der Waals surface area contributed by atoms with E-state index in [2.05, 4.69) is 15.1 Å². The third kappa shape index (κ3) is 3.30. The summed E-state index contributed by atoms with van der Waals surface area (Å²) >= 11 is 0. The second-order valence-electron chi connectivity index (χ2n) is 4.46. The molecule has 108 valence electrons. The van der Waals surface area contributed by atoms with Crippen LogP contribution >= 0.6 is 0 Å². The van der Waals surface area contributed by atoms with Gasteiger partial charge in [-0.15, -0.1) is 0 Å². The fraction of sp³-hybridized carbons (Fsp3) is 0.400. The number of hydrogen-bond donors (Lipinski definition) is 1. The molecule has 0 aliphatic carbocycles. The number of hydrogen-bond acceptors (Lipinski definition) is 4. The van der Waals surface area contributed by atoms with E-state index in [1.54, 1.807) is 7.11 Å². The Labute approximate surface area is 119 Å². The summed E-state index contributed by atoms with van der Waals surface area (Å²) in [6.07, 6.45) is 0. The molecular weight excluding hydrogens is 254 g/mol. The molecule has 0 fully saturated rings. The van der Waals surface area contributed by atoms with Crippen LogP contribution in [0.4, 0.5) is 5.82 Å². The lowest BCUT2D eigenvalue weighted by atomic mass is 10.1. The van der Waals surface area contributed by atoms with Gasteiger partial charge in [-0.05, 0) is 19.1 Å². The average molecular weight is 275 g/mol. The van der Waals surface area contributed by atoms with Crippen LogP contribution in [0.5, 0.6) is 5.75 Å². The fourth-order valence-corrected chi connectivity index (χ4v) is 1.97. The van der Waals surface area contributed by atoms with Crippen LogP contribution < -0.4 is 9.64 Å². The minimum Gasteiger partial charge on any atom is -0.496 e. The van der Waals surface area contributed by atoms with E-state index >= 15 is 0 Å². The third-order valence-corrected chi connectivity index (χ3v) is 3.13. The first-order valence-electron chi connectivity index (χ1n) is 6.74. The molecule has 0 atom stereocenters. The summed E-state index contributed by atoms with van der Waals surface area (Å²) in [5.41, 5.74) is 1.95. The van der Waals surface area contributed by atoms with Crippen LogP contribution in [-0.4, -0.2) is 44.1 Å². The first-order valence-corrected chi connectivity index (χ1v) is 6.74. The summed E-state index contributed by atoms with van der Waals surface area (Å²) in [7, 11) is 3.67. The minimum atomic E-state index is 0.698. The molecule has 0 saturated carbocycles. The Balaban J connectivity index is 2.12. The van der Waals surface area contributed by atoms with Gasteiger partial charge >= 0.3 is 0 Å². The van der Waals surface area contributed by atoms with Gasteiger partial charge in [-0.1, -0.05) is 12.1 Å². The Morgan fingerprint density at radius 3 is 2.85 bits per heavy atom. The maximum atomic E-state index is 5.37. The summed E-state index contributed by atoms with van der Waals surface area (Å²) < 4.78 is 10.7. The van der Waals surface area contributed by atoms with Crippen LogP contribution in [0.3, 0.4) is 0 Å². The van der Waals surface area contributed by atoms with E-state index in [0.717, 1.165) is 36.0 Å². The second kappa shape index (κ2) is 6.96. The predicted octanol–water partition coefficient (Wildman–Crippen LogP) is 2.56. The molecule has 1 aromatic carbocycles. The van der Waals surface area contributed by atoms with E-state index in [4.69, 9.17) is 9.47 Å². The van der Waals surface area contributed by atoms with Gasteiger partial charge in [-0.2, -0.15) is 5.10 Å². The monoisotopic (exact) mass is 275 g/mol. The highest BCUT2D eigenvalue weighted by Gasteiger charge is 2.10.